The van der Waals surface area contributed by atoms with Crippen LogP contribution in [-0.2, 0) is 13.1 Å². The number of aryl methyl sites for hydroxylation is 2. The normalized spacial score (nSPS) is 11.1. The Hall–Kier alpha value is -0.740. The quantitative estimate of drug-likeness (QED) is 0.454. The molecule has 116 valence electrons. The van der Waals surface area contributed by atoms with E-state index in [-0.39, 0.29) is 24.0 Å². The zero-order chi connectivity index (χ0) is 14.5. The molecular formula is C13H20IN5S2. The van der Waals surface area contributed by atoms with Gasteiger partial charge in [0.2, 0.25) is 0 Å². The molecule has 0 aromatic carbocycles. The number of guanidine groups is 1. The maximum Gasteiger partial charge on any atom is 0.194 e. The molecule has 0 amide bonds. The number of rotatable bonds is 4. The molecule has 1 N–H and O–H groups in total. The molecule has 0 unspecified atom stereocenters. The van der Waals surface area contributed by atoms with Crippen molar-refractivity contribution in [2.24, 2.45) is 4.99 Å². The molecule has 0 atom stereocenters. The van der Waals surface area contributed by atoms with E-state index in [1.54, 1.807) is 29.7 Å². The van der Waals surface area contributed by atoms with E-state index in [1.807, 2.05) is 26.4 Å². The molecule has 0 spiro atoms. The first-order chi connectivity index (χ1) is 9.60. The predicted molar refractivity (Wildman–Crippen MR) is 101 cm³/mol. The van der Waals surface area contributed by atoms with Crippen molar-refractivity contribution < 1.29 is 0 Å². The van der Waals surface area contributed by atoms with Crippen LogP contribution in [0.2, 0.25) is 0 Å². The monoisotopic (exact) mass is 437 g/mol. The largest absolute Gasteiger partial charge is 0.351 e. The van der Waals surface area contributed by atoms with E-state index in [1.165, 1.54) is 4.88 Å². The fourth-order valence-electron chi connectivity index (χ4n) is 1.84. The summed E-state index contributed by atoms with van der Waals surface area (Å²) in [6.45, 7) is 5.56. The second-order valence-corrected chi connectivity index (χ2v) is 6.48. The molecule has 0 saturated carbocycles. The average Bonchev–Trinajstić information content (AvgIpc) is 3.00. The van der Waals surface area contributed by atoms with Gasteiger partial charge in [-0.3, -0.25) is 4.99 Å². The Kier molecular flexibility index (Phi) is 7.53. The van der Waals surface area contributed by atoms with Crippen molar-refractivity contribution in [3.8, 4) is 0 Å². The van der Waals surface area contributed by atoms with Crippen LogP contribution >= 0.6 is 46.7 Å². The van der Waals surface area contributed by atoms with Crippen LogP contribution in [0.15, 0.2) is 15.9 Å². The van der Waals surface area contributed by atoms with Gasteiger partial charge in [-0.05, 0) is 13.8 Å². The maximum absolute atomic E-state index is 4.48. The predicted octanol–water partition coefficient (Wildman–Crippen LogP) is 3.04. The highest BCUT2D eigenvalue weighted by Crippen LogP contribution is 2.12. The van der Waals surface area contributed by atoms with Crippen LogP contribution < -0.4 is 5.32 Å². The highest BCUT2D eigenvalue weighted by atomic mass is 127. The summed E-state index contributed by atoms with van der Waals surface area (Å²) in [5, 5.41) is 6.55. The first-order valence-corrected chi connectivity index (χ1v) is 8.08. The molecule has 2 rings (SSSR count). The minimum absolute atomic E-state index is 0. The van der Waals surface area contributed by atoms with E-state index < -0.39 is 0 Å². The number of hydrogen-bond acceptors (Lipinski definition) is 5. The minimum Gasteiger partial charge on any atom is -0.351 e. The molecule has 5 nitrogen and oxygen atoms in total. The van der Waals surface area contributed by atoms with Gasteiger partial charge in [-0.15, -0.1) is 46.7 Å². The van der Waals surface area contributed by atoms with Crippen LogP contribution in [-0.4, -0.2) is 34.9 Å². The fourth-order valence-corrected chi connectivity index (χ4v) is 3.16. The molecule has 0 bridgehead atoms. The Morgan fingerprint density at radius 2 is 2.14 bits per heavy atom. The van der Waals surface area contributed by atoms with Gasteiger partial charge in [0.1, 0.15) is 0 Å². The van der Waals surface area contributed by atoms with Gasteiger partial charge in [0.05, 0.1) is 35.0 Å². The lowest BCUT2D eigenvalue weighted by molar-refractivity contribution is 0.471. The molecule has 0 saturated heterocycles. The third-order valence-electron chi connectivity index (χ3n) is 2.89. The molecule has 2 aromatic rings. The van der Waals surface area contributed by atoms with Crippen LogP contribution in [0.1, 0.15) is 21.3 Å². The number of aliphatic imine (C=N–C) groups is 1. The van der Waals surface area contributed by atoms with Crippen molar-refractivity contribution in [1.29, 1.82) is 0 Å². The topological polar surface area (TPSA) is 53.4 Å². The Balaban J connectivity index is 0.00000220. The van der Waals surface area contributed by atoms with Crippen LogP contribution in [0.3, 0.4) is 0 Å². The lowest BCUT2D eigenvalue weighted by atomic mass is 10.4. The molecular weight excluding hydrogens is 417 g/mol. The molecule has 0 aliphatic carbocycles. The summed E-state index contributed by atoms with van der Waals surface area (Å²) in [4.78, 5) is 16.4. The van der Waals surface area contributed by atoms with E-state index in [0.717, 1.165) is 35.4 Å². The van der Waals surface area contributed by atoms with Crippen molar-refractivity contribution in [3.63, 3.8) is 0 Å². The first kappa shape index (κ1) is 18.3. The van der Waals surface area contributed by atoms with Crippen molar-refractivity contribution in [2.45, 2.75) is 26.9 Å². The Morgan fingerprint density at radius 1 is 1.38 bits per heavy atom. The van der Waals surface area contributed by atoms with Crippen molar-refractivity contribution >= 4 is 52.6 Å². The Bertz CT molecular complexity index is 593. The zero-order valence-electron chi connectivity index (χ0n) is 12.6. The van der Waals surface area contributed by atoms with E-state index in [2.05, 4.69) is 30.6 Å². The van der Waals surface area contributed by atoms with Crippen LogP contribution in [0.5, 0.6) is 0 Å². The smallest absolute Gasteiger partial charge is 0.194 e. The summed E-state index contributed by atoms with van der Waals surface area (Å²) >= 11 is 3.34. The van der Waals surface area contributed by atoms with Gasteiger partial charge < -0.3 is 10.2 Å². The van der Waals surface area contributed by atoms with Crippen LogP contribution in [0.4, 0.5) is 0 Å². The lowest BCUT2D eigenvalue weighted by Crippen LogP contribution is -2.38. The summed E-state index contributed by atoms with van der Waals surface area (Å²) < 4.78 is 0. The lowest BCUT2D eigenvalue weighted by Gasteiger charge is -2.21. The number of halogens is 1. The number of hydrogen-bond donors (Lipinski definition) is 1. The number of nitrogens with one attached hydrogen (secondary N) is 1. The highest BCUT2D eigenvalue weighted by molar-refractivity contribution is 14.0. The third-order valence-corrected chi connectivity index (χ3v) is 4.65. The molecule has 0 radical (unpaired) electrons. The third kappa shape index (κ3) is 5.19. The van der Waals surface area contributed by atoms with E-state index in [0.29, 0.717) is 0 Å². The van der Waals surface area contributed by atoms with Gasteiger partial charge in [0, 0.05) is 24.4 Å². The Morgan fingerprint density at radius 3 is 2.67 bits per heavy atom. The molecule has 0 aliphatic heterocycles. The molecule has 21 heavy (non-hydrogen) atoms. The molecule has 2 aromatic heterocycles. The van der Waals surface area contributed by atoms with Gasteiger partial charge in [0.15, 0.2) is 5.96 Å². The molecule has 0 fully saturated rings. The van der Waals surface area contributed by atoms with Crippen molar-refractivity contribution in [2.75, 3.05) is 14.1 Å². The van der Waals surface area contributed by atoms with E-state index in [9.17, 15) is 0 Å². The average molecular weight is 437 g/mol. The zero-order valence-corrected chi connectivity index (χ0v) is 16.5. The second-order valence-electron chi connectivity index (χ2n) is 4.48. The summed E-state index contributed by atoms with van der Waals surface area (Å²) in [6.07, 6.45) is 0. The summed E-state index contributed by atoms with van der Waals surface area (Å²) in [7, 11) is 3.81. The van der Waals surface area contributed by atoms with Gasteiger partial charge in [-0.2, -0.15) is 0 Å². The minimum atomic E-state index is 0. The van der Waals surface area contributed by atoms with E-state index >= 15 is 0 Å². The number of nitrogens with zero attached hydrogens (tertiary/aromatic N) is 4. The number of aromatic nitrogens is 2. The SMILES string of the molecule is CN=C(NCc1scnc1C)N(C)Cc1csc(C)n1.I. The number of thiazole rings is 2. The molecule has 8 heteroatoms. The Labute approximate surface area is 150 Å². The van der Waals surface area contributed by atoms with Gasteiger partial charge >= 0.3 is 0 Å². The van der Waals surface area contributed by atoms with Gasteiger partial charge in [0.25, 0.3) is 0 Å². The molecule has 2 heterocycles. The van der Waals surface area contributed by atoms with Crippen LogP contribution in [0, 0.1) is 13.8 Å². The summed E-state index contributed by atoms with van der Waals surface area (Å²) in [6, 6.07) is 0. The molecule has 0 aliphatic rings. The second kappa shape index (κ2) is 8.64. The standard InChI is InChI=1S/C13H19N5S2.HI/c1-9-12(20-8-16-9)5-15-13(14-3)18(4)6-11-7-19-10(2)17-11;/h7-8H,5-6H2,1-4H3,(H,14,15);1H. The van der Waals surface area contributed by atoms with Gasteiger partial charge in [-0.25, -0.2) is 9.97 Å². The van der Waals surface area contributed by atoms with Crippen LogP contribution in [0.25, 0.3) is 0 Å². The highest BCUT2D eigenvalue weighted by Gasteiger charge is 2.09. The van der Waals surface area contributed by atoms with Crippen molar-refractivity contribution in [3.05, 3.63) is 32.2 Å². The van der Waals surface area contributed by atoms with Gasteiger partial charge in [-0.1, -0.05) is 0 Å². The maximum atomic E-state index is 4.48. The first-order valence-electron chi connectivity index (χ1n) is 6.32. The van der Waals surface area contributed by atoms with Crippen molar-refractivity contribution in [1.82, 2.24) is 20.2 Å². The fraction of sp³-hybridized carbons (Fsp3) is 0.462. The van der Waals surface area contributed by atoms with E-state index in [4.69, 9.17) is 0 Å². The summed E-state index contributed by atoms with van der Waals surface area (Å²) in [5.74, 6) is 0.864. The summed E-state index contributed by atoms with van der Waals surface area (Å²) in [5.41, 5.74) is 4.03.